The zero-order chi connectivity index (χ0) is 14.7. The number of nitrogens with zero attached hydrogens (tertiary/aromatic N) is 1. The summed E-state index contributed by atoms with van der Waals surface area (Å²) < 4.78 is 5.19. The summed E-state index contributed by atoms with van der Waals surface area (Å²) in [4.78, 5) is 18.8. The molecule has 3 rings (SSSR count). The Kier molecular flexibility index (Phi) is 3.83. The van der Waals surface area contributed by atoms with E-state index in [1.54, 1.807) is 35.9 Å². The van der Waals surface area contributed by atoms with E-state index >= 15 is 0 Å². The summed E-state index contributed by atoms with van der Waals surface area (Å²) in [5.74, 6) is 0.592. The van der Waals surface area contributed by atoms with E-state index in [0.29, 0.717) is 12.1 Å². The van der Waals surface area contributed by atoms with E-state index in [0.717, 1.165) is 16.3 Å². The second-order valence-corrected chi connectivity index (χ2v) is 5.89. The minimum absolute atomic E-state index is 0.136. The van der Waals surface area contributed by atoms with Crippen molar-refractivity contribution < 1.29 is 9.21 Å². The smallest absolute Gasteiger partial charge is 0.251 e. The fourth-order valence-corrected chi connectivity index (χ4v) is 2.80. The summed E-state index contributed by atoms with van der Waals surface area (Å²) in [6.07, 6.45) is 3.25. The van der Waals surface area contributed by atoms with E-state index in [9.17, 15) is 4.79 Å². The Morgan fingerprint density at radius 3 is 2.95 bits per heavy atom. The van der Waals surface area contributed by atoms with Crippen LogP contribution in [0.2, 0.25) is 0 Å². The first-order valence-electron chi connectivity index (χ1n) is 6.56. The van der Waals surface area contributed by atoms with Crippen LogP contribution in [-0.4, -0.2) is 10.9 Å². The molecule has 4 nitrogen and oxygen atoms in total. The molecule has 5 heteroatoms. The summed E-state index contributed by atoms with van der Waals surface area (Å²) in [7, 11) is 0. The Hall–Kier alpha value is -2.40. The highest BCUT2D eigenvalue weighted by molar-refractivity contribution is 7.15. The van der Waals surface area contributed by atoms with E-state index in [1.807, 2.05) is 31.2 Å². The van der Waals surface area contributed by atoms with Gasteiger partial charge < -0.3 is 9.73 Å². The van der Waals surface area contributed by atoms with Gasteiger partial charge in [-0.25, -0.2) is 0 Å². The van der Waals surface area contributed by atoms with E-state index in [4.69, 9.17) is 4.42 Å². The number of furan rings is 1. The van der Waals surface area contributed by atoms with Crippen LogP contribution in [0.5, 0.6) is 0 Å². The number of hydrogen-bond acceptors (Lipinski definition) is 4. The zero-order valence-corrected chi connectivity index (χ0v) is 12.3. The molecular formula is C16H14N2O2S. The van der Waals surface area contributed by atoms with Gasteiger partial charge in [0.05, 0.1) is 23.4 Å². The summed E-state index contributed by atoms with van der Waals surface area (Å²) in [6.45, 7) is 2.43. The molecule has 3 heterocycles. The van der Waals surface area contributed by atoms with Crippen molar-refractivity contribution in [3.05, 3.63) is 65.1 Å². The van der Waals surface area contributed by atoms with Crippen LogP contribution >= 0.6 is 11.3 Å². The molecule has 0 bridgehead atoms. The van der Waals surface area contributed by atoms with Crippen LogP contribution in [0.1, 0.15) is 21.0 Å². The molecule has 0 aliphatic carbocycles. The summed E-state index contributed by atoms with van der Waals surface area (Å²) in [5.41, 5.74) is 1.41. The topological polar surface area (TPSA) is 55.1 Å². The van der Waals surface area contributed by atoms with Crippen molar-refractivity contribution in [3.63, 3.8) is 0 Å². The van der Waals surface area contributed by atoms with Gasteiger partial charge in [-0.15, -0.1) is 11.3 Å². The molecule has 106 valence electrons. The molecule has 0 atom stereocenters. The van der Waals surface area contributed by atoms with Crippen molar-refractivity contribution in [2.45, 2.75) is 13.5 Å². The van der Waals surface area contributed by atoms with E-state index in [-0.39, 0.29) is 5.91 Å². The molecule has 0 saturated carbocycles. The lowest BCUT2D eigenvalue weighted by Crippen LogP contribution is -2.22. The first-order valence-corrected chi connectivity index (χ1v) is 7.37. The molecule has 0 aliphatic rings. The lowest BCUT2D eigenvalue weighted by atomic mass is 10.2. The molecule has 21 heavy (non-hydrogen) atoms. The monoisotopic (exact) mass is 298 g/mol. The molecule has 0 aliphatic heterocycles. The van der Waals surface area contributed by atoms with Gasteiger partial charge in [0, 0.05) is 16.6 Å². The van der Waals surface area contributed by atoms with Crippen molar-refractivity contribution >= 4 is 17.2 Å². The standard InChI is InChI=1S/C16H14N2O2S/c1-11-4-5-15(21-11)14-9-12(6-7-17-14)16(19)18-10-13-3-2-8-20-13/h2-9H,10H2,1H3,(H,18,19). The van der Waals surface area contributed by atoms with Gasteiger partial charge in [-0.1, -0.05) is 0 Å². The molecule has 1 amide bonds. The number of pyridine rings is 1. The third kappa shape index (κ3) is 3.20. The molecule has 0 aromatic carbocycles. The van der Waals surface area contributed by atoms with E-state index in [1.165, 1.54) is 4.88 Å². The number of hydrogen-bond donors (Lipinski definition) is 1. The summed E-state index contributed by atoms with van der Waals surface area (Å²) >= 11 is 1.66. The molecular weight excluding hydrogens is 284 g/mol. The van der Waals surface area contributed by atoms with Gasteiger partial charge in [0.2, 0.25) is 0 Å². The third-order valence-corrected chi connectivity index (χ3v) is 4.04. The summed E-state index contributed by atoms with van der Waals surface area (Å²) in [5, 5.41) is 2.83. The largest absolute Gasteiger partial charge is 0.467 e. The van der Waals surface area contributed by atoms with Crippen LogP contribution in [0.25, 0.3) is 10.6 Å². The number of rotatable bonds is 4. The molecule has 0 fully saturated rings. The van der Waals surface area contributed by atoms with Gasteiger partial charge in [0.25, 0.3) is 5.91 Å². The highest BCUT2D eigenvalue weighted by atomic mass is 32.1. The Morgan fingerprint density at radius 1 is 1.33 bits per heavy atom. The van der Waals surface area contributed by atoms with Crippen molar-refractivity contribution in [2.24, 2.45) is 0 Å². The van der Waals surface area contributed by atoms with Gasteiger partial charge in [0.1, 0.15) is 5.76 Å². The number of aryl methyl sites for hydroxylation is 1. The van der Waals surface area contributed by atoms with Gasteiger partial charge in [0.15, 0.2) is 0 Å². The van der Waals surface area contributed by atoms with Crippen molar-refractivity contribution in [1.82, 2.24) is 10.3 Å². The Bertz CT molecular complexity index is 747. The minimum Gasteiger partial charge on any atom is -0.467 e. The van der Waals surface area contributed by atoms with Gasteiger partial charge >= 0.3 is 0 Å². The average molecular weight is 298 g/mol. The number of amides is 1. The number of aromatic nitrogens is 1. The Labute approximate surface area is 126 Å². The lowest BCUT2D eigenvalue weighted by Gasteiger charge is -2.04. The first-order chi connectivity index (χ1) is 10.2. The number of carbonyl (C=O) groups is 1. The highest BCUT2D eigenvalue weighted by Gasteiger charge is 2.09. The van der Waals surface area contributed by atoms with Crippen molar-refractivity contribution in [2.75, 3.05) is 0 Å². The van der Waals surface area contributed by atoms with Crippen LogP contribution in [0, 0.1) is 6.92 Å². The molecule has 0 radical (unpaired) electrons. The number of nitrogens with one attached hydrogen (secondary N) is 1. The fraction of sp³-hybridized carbons (Fsp3) is 0.125. The maximum Gasteiger partial charge on any atom is 0.251 e. The normalized spacial score (nSPS) is 10.5. The molecule has 0 saturated heterocycles. The fourth-order valence-electron chi connectivity index (χ4n) is 1.96. The maximum atomic E-state index is 12.2. The average Bonchev–Trinajstić information content (AvgIpc) is 3.16. The lowest BCUT2D eigenvalue weighted by molar-refractivity contribution is 0.0948. The third-order valence-electron chi connectivity index (χ3n) is 3.02. The van der Waals surface area contributed by atoms with Gasteiger partial charge in [-0.05, 0) is 43.3 Å². The maximum absolute atomic E-state index is 12.2. The van der Waals surface area contributed by atoms with Crippen LogP contribution in [0.3, 0.4) is 0 Å². The van der Waals surface area contributed by atoms with Crippen molar-refractivity contribution in [3.8, 4) is 10.6 Å². The minimum atomic E-state index is -0.136. The van der Waals surface area contributed by atoms with E-state index in [2.05, 4.69) is 10.3 Å². The second-order valence-electron chi connectivity index (χ2n) is 4.60. The number of carbonyl (C=O) groups excluding carboxylic acids is 1. The van der Waals surface area contributed by atoms with Gasteiger partial charge in [-0.3, -0.25) is 9.78 Å². The predicted molar refractivity (Wildman–Crippen MR) is 82.2 cm³/mol. The molecule has 3 aromatic heterocycles. The Balaban J connectivity index is 1.74. The van der Waals surface area contributed by atoms with Crippen molar-refractivity contribution in [1.29, 1.82) is 0 Å². The molecule has 1 N–H and O–H groups in total. The summed E-state index contributed by atoms with van der Waals surface area (Å²) in [6, 6.07) is 11.2. The molecule has 0 unspecified atom stereocenters. The van der Waals surface area contributed by atoms with Crippen LogP contribution < -0.4 is 5.32 Å². The quantitative estimate of drug-likeness (QED) is 0.800. The first kappa shape index (κ1) is 13.6. The SMILES string of the molecule is Cc1ccc(-c2cc(C(=O)NCc3ccco3)ccn2)s1. The van der Waals surface area contributed by atoms with Gasteiger partial charge in [-0.2, -0.15) is 0 Å². The van der Waals surface area contributed by atoms with Crippen LogP contribution in [0.15, 0.2) is 53.3 Å². The van der Waals surface area contributed by atoms with Crippen LogP contribution in [-0.2, 0) is 6.54 Å². The van der Waals surface area contributed by atoms with E-state index < -0.39 is 0 Å². The zero-order valence-electron chi connectivity index (χ0n) is 11.5. The second kappa shape index (κ2) is 5.93. The molecule has 0 spiro atoms. The Morgan fingerprint density at radius 2 is 2.24 bits per heavy atom. The predicted octanol–water partition coefficient (Wildman–Crippen LogP) is 3.64. The number of thiophene rings is 1. The highest BCUT2D eigenvalue weighted by Crippen LogP contribution is 2.26. The van der Waals surface area contributed by atoms with Crippen LogP contribution in [0.4, 0.5) is 0 Å². The molecule has 3 aromatic rings.